The SMILES string of the molecule is C#CC(C)NCC(C)COC. The van der Waals surface area contributed by atoms with E-state index in [0.717, 1.165) is 13.2 Å². The summed E-state index contributed by atoms with van der Waals surface area (Å²) < 4.78 is 4.98. The molecule has 2 heteroatoms. The Morgan fingerprint density at radius 3 is 2.64 bits per heavy atom. The second kappa shape index (κ2) is 6.21. The van der Waals surface area contributed by atoms with E-state index in [2.05, 4.69) is 18.2 Å². The molecule has 0 aromatic rings. The van der Waals surface area contributed by atoms with Gasteiger partial charge in [0.15, 0.2) is 0 Å². The van der Waals surface area contributed by atoms with Crippen LogP contribution in [-0.2, 0) is 4.74 Å². The molecule has 0 heterocycles. The molecule has 0 fully saturated rings. The largest absolute Gasteiger partial charge is 0.384 e. The zero-order valence-electron chi connectivity index (χ0n) is 7.55. The van der Waals surface area contributed by atoms with Gasteiger partial charge >= 0.3 is 0 Å². The van der Waals surface area contributed by atoms with E-state index in [1.54, 1.807) is 7.11 Å². The van der Waals surface area contributed by atoms with Crippen molar-refractivity contribution < 1.29 is 4.74 Å². The Hall–Kier alpha value is -0.520. The molecule has 2 atom stereocenters. The Kier molecular flexibility index (Phi) is 5.91. The second-order valence-electron chi connectivity index (χ2n) is 2.86. The lowest BCUT2D eigenvalue weighted by Crippen LogP contribution is -2.30. The van der Waals surface area contributed by atoms with Crippen LogP contribution >= 0.6 is 0 Å². The number of terminal acetylenes is 1. The first-order valence-corrected chi connectivity index (χ1v) is 3.89. The van der Waals surface area contributed by atoms with Crippen molar-refractivity contribution in [2.24, 2.45) is 5.92 Å². The summed E-state index contributed by atoms with van der Waals surface area (Å²) in [6.07, 6.45) is 5.19. The first kappa shape index (κ1) is 10.5. The van der Waals surface area contributed by atoms with Crippen molar-refractivity contribution in [1.82, 2.24) is 5.32 Å². The lowest BCUT2D eigenvalue weighted by molar-refractivity contribution is 0.158. The molecular formula is C9H17NO. The van der Waals surface area contributed by atoms with Crippen molar-refractivity contribution in [3.8, 4) is 12.3 Å². The zero-order valence-corrected chi connectivity index (χ0v) is 7.55. The molecule has 11 heavy (non-hydrogen) atoms. The van der Waals surface area contributed by atoms with Crippen molar-refractivity contribution >= 4 is 0 Å². The molecule has 0 amide bonds. The summed E-state index contributed by atoms with van der Waals surface area (Å²) in [7, 11) is 1.71. The van der Waals surface area contributed by atoms with Crippen molar-refractivity contribution in [2.75, 3.05) is 20.3 Å². The molecule has 0 rings (SSSR count). The maximum Gasteiger partial charge on any atom is 0.0658 e. The van der Waals surface area contributed by atoms with Gasteiger partial charge in [-0.05, 0) is 12.8 Å². The van der Waals surface area contributed by atoms with E-state index in [-0.39, 0.29) is 6.04 Å². The van der Waals surface area contributed by atoms with Crippen LogP contribution < -0.4 is 5.32 Å². The number of hydrogen-bond acceptors (Lipinski definition) is 2. The van der Waals surface area contributed by atoms with Crippen LogP contribution in [-0.4, -0.2) is 26.3 Å². The van der Waals surface area contributed by atoms with E-state index in [1.165, 1.54) is 0 Å². The Morgan fingerprint density at radius 1 is 1.55 bits per heavy atom. The van der Waals surface area contributed by atoms with Gasteiger partial charge in [0, 0.05) is 20.3 Å². The fraction of sp³-hybridized carbons (Fsp3) is 0.778. The minimum absolute atomic E-state index is 0.161. The maximum absolute atomic E-state index is 5.19. The normalized spacial score (nSPS) is 15.5. The second-order valence-corrected chi connectivity index (χ2v) is 2.86. The molecular weight excluding hydrogens is 138 g/mol. The standard InChI is InChI=1S/C9H17NO/c1-5-9(3)10-6-8(2)7-11-4/h1,8-10H,6-7H2,2-4H3. The van der Waals surface area contributed by atoms with Crippen LogP contribution in [0.1, 0.15) is 13.8 Å². The van der Waals surface area contributed by atoms with E-state index < -0.39 is 0 Å². The minimum Gasteiger partial charge on any atom is -0.384 e. The maximum atomic E-state index is 5.19. The van der Waals surface area contributed by atoms with Gasteiger partial charge in [0.1, 0.15) is 0 Å². The number of ether oxygens (including phenoxy) is 1. The third-order valence-corrected chi connectivity index (χ3v) is 1.47. The summed E-state index contributed by atoms with van der Waals surface area (Å²) in [5.74, 6) is 3.13. The molecule has 0 aromatic carbocycles. The Labute approximate surface area is 69.3 Å². The van der Waals surface area contributed by atoms with Crippen molar-refractivity contribution in [3.63, 3.8) is 0 Å². The first-order chi connectivity index (χ1) is 5.20. The average Bonchev–Trinajstić information content (AvgIpc) is 2.01. The van der Waals surface area contributed by atoms with Gasteiger partial charge in [-0.2, -0.15) is 0 Å². The van der Waals surface area contributed by atoms with Crippen LogP contribution in [0.25, 0.3) is 0 Å². The monoisotopic (exact) mass is 155 g/mol. The van der Waals surface area contributed by atoms with Crippen LogP contribution in [0.3, 0.4) is 0 Å². The van der Waals surface area contributed by atoms with Gasteiger partial charge in [-0.25, -0.2) is 0 Å². The number of rotatable bonds is 5. The highest BCUT2D eigenvalue weighted by Crippen LogP contribution is 1.92. The van der Waals surface area contributed by atoms with Crippen LogP contribution in [0.2, 0.25) is 0 Å². The highest BCUT2D eigenvalue weighted by atomic mass is 16.5. The third-order valence-electron chi connectivity index (χ3n) is 1.47. The van der Waals surface area contributed by atoms with E-state index in [1.807, 2.05) is 6.92 Å². The van der Waals surface area contributed by atoms with Gasteiger partial charge in [0.05, 0.1) is 6.04 Å². The molecule has 0 aliphatic heterocycles. The molecule has 0 saturated carbocycles. The predicted molar refractivity (Wildman–Crippen MR) is 47.3 cm³/mol. The highest BCUT2D eigenvalue weighted by Gasteiger charge is 2.01. The molecule has 0 aromatic heterocycles. The van der Waals surface area contributed by atoms with Gasteiger partial charge in [0.2, 0.25) is 0 Å². The fourth-order valence-corrected chi connectivity index (χ4v) is 0.780. The average molecular weight is 155 g/mol. The Bertz CT molecular complexity index is 128. The first-order valence-electron chi connectivity index (χ1n) is 3.89. The molecule has 64 valence electrons. The predicted octanol–water partition coefficient (Wildman–Crippen LogP) is 0.880. The lowest BCUT2D eigenvalue weighted by Gasteiger charge is -2.12. The molecule has 1 N–H and O–H groups in total. The summed E-state index contributed by atoms with van der Waals surface area (Å²) >= 11 is 0. The highest BCUT2D eigenvalue weighted by molar-refractivity contribution is 4.95. The van der Waals surface area contributed by atoms with E-state index in [0.29, 0.717) is 5.92 Å². The lowest BCUT2D eigenvalue weighted by atomic mass is 10.2. The fourth-order valence-electron chi connectivity index (χ4n) is 0.780. The number of methoxy groups -OCH3 is 1. The van der Waals surface area contributed by atoms with Gasteiger partial charge in [-0.15, -0.1) is 6.42 Å². The quantitative estimate of drug-likeness (QED) is 0.595. The smallest absolute Gasteiger partial charge is 0.0658 e. The number of nitrogens with one attached hydrogen (secondary N) is 1. The summed E-state index contributed by atoms with van der Waals surface area (Å²) in [4.78, 5) is 0. The van der Waals surface area contributed by atoms with Gasteiger partial charge in [-0.1, -0.05) is 12.8 Å². The molecule has 0 aliphatic carbocycles. The van der Waals surface area contributed by atoms with Gasteiger partial charge < -0.3 is 10.1 Å². The Morgan fingerprint density at radius 2 is 2.18 bits per heavy atom. The Balaban J connectivity index is 3.31. The molecule has 2 nitrogen and oxygen atoms in total. The summed E-state index contributed by atoms with van der Waals surface area (Å²) in [6.45, 7) is 5.79. The van der Waals surface area contributed by atoms with E-state index in [9.17, 15) is 0 Å². The number of hydrogen-bond donors (Lipinski definition) is 1. The van der Waals surface area contributed by atoms with Crippen LogP contribution in [0.15, 0.2) is 0 Å². The zero-order chi connectivity index (χ0) is 8.69. The minimum atomic E-state index is 0.161. The molecule has 0 saturated heterocycles. The molecule has 0 aliphatic rings. The van der Waals surface area contributed by atoms with Crippen molar-refractivity contribution in [2.45, 2.75) is 19.9 Å². The summed E-state index contributed by atoms with van der Waals surface area (Å²) in [5, 5.41) is 3.20. The molecule has 0 radical (unpaired) electrons. The van der Waals surface area contributed by atoms with Crippen molar-refractivity contribution in [3.05, 3.63) is 0 Å². The molecule has 2 unspecified atom stereocenters. The third kappa shape index (κ3) is 5.90. The summed E-state index contributed by atoms with van der Waals surface area (Å²) in [5.41, 5.74) is 0. The van der Waals surface area contributed by atoms with E-state index >= 15 is 0 Å². The van der Waals surface area contributed by atoms with Crippen LogP contribution in [0, 0.1) is 18.3 Å². The van der Waals surface area contributed by atoms with Crippen LogP contribution in [0.5, 0.6) is 0 Å². The van der Waals surface area contributed by atoms with Crippen LogP contribution in [0.4, 0.5) is 0 Å². The summed E-state index contributed by atoms with van der Waals surface area (Å²) in [6, 6.07) is 0.161. The molecule has 0 spiro atoms. The van der Waals surface area contributed by atoms with E-state index in [4.69, 9.17) is 11.2 Å². The van der Waals surface area contributed by atoms with Gasteiger partial charge in [-0.3, -0.25) is 0 Å². The van der Waals surface area contributed by atoms with Crippen molar-refractivity contribution in [1.29, 1.82) is 0 Å². The topological polar surface area (TPSA) is 21.3 Å². The van der Waals surface area contributed by atoms with Gasteiger partial charge in [0.25, 0.3) is 0 Å². The molecule has 0 bridgehead atoms.